The molecule has 0 spiro atoms. The number of amides is 2. The standard InChI is InChI=1S/C13H19N3O3/c1-19-9-8-15-12(17)6-7-16-13(18)10-4-2-3-5-11(10)14/h2-5H,6-9,14H2,1H3,(H,15,17)(H,16,18). The highest BCUT2D eigenvalue weighted by Crippen LogP contribution is 2.09. The lowest BCUT2D eigenvalue weighted by Gasteiger charge is -2.07. The zero-order valence-corrected chi connectivity index (χ0v) is 10.9. The van der Waals surface area contributed by atoms with Crippen LogP contribution in [-0.4, -0.2) is 38.6 Å². The molecule has 6 heteroatoms. The number of benzene rings is 1. The molecule has 0 fully saturated rings. The number of para-hydroxylation sites is 1. The highest BCUT2D eigenvalue weighted by Gasteiger charge is 2.08. The fourth-order valence-electron chi connectivity index (χ4n) is 1.47. The molecule has 4 N–H and O–H groups in total. The van der Waals surface area contributed by atoms with Crippen molar-refractivity contribution >= 4 is 17.5 Å². The molecule has 2 amide bonds. The average molecular weight is 265 g/mol. The molecule has 0 radical (unpaired) electrons. The summed E-state index contributed by atoms with van der Waals surface area (Å²) in [5.41, 5.74) is 6.52. The fourth-order valence-corrected chi connectivity index (χ4v) is 1.47. The molecule has 0 aliphatic heterocycles. The van der Waals surface area contributed by atoms with Crippen LogP contribution in [0.4, 0.5) is 5.69 Å². The van der Waals surface area contributed by atoms with Crippen LogP contribution < -0.4 is 16.4 Å². The van der Waals surface area contributed by atoms with Gasteiger partial charge in [0.25, 0.3) is 5.91 Å². The van der Waals surface area contributed by atoms with E-state index in [1.807, 2.05) is 0 Å². The molecule has 6 nitrogen and oxygen atoms in total. The number of nitrogen functional groups attached to an aromatic ring is 1. The average Bonchev–Trinajstić information content (AvgIpc) is 2.39. The maximum absolute atomic E-state index is 11.8. The molecule has 0 aliphatic rings. The number of ether oxygens (including phenoxy) is 1. The number of nitrogens with two attached hydrogens (primary N) is 1. The first kappa shape index (κ1) is 15.0. The third-order valence-corrected chi connectivity index (χ3v) is 2.47. The minimum atomic E-state index is -0.275. The third-order valence-electron chi connectivity index (χ3n) is 2.47. The Morgan fingerprint density at radius 3 is 2.63 bits per heavy atom. The number of nitrogens with one attached hydrogen (secondary N) is 2. The summed E-state index contributed by atoms with van der Waals surface area (Å²) in [6, 6.07) is 6.80. The normalized spacial score (nSPS) is 9.95. The van der Waals surface area contributed by atoms with Crippen LogP contribution in [0.15, 0.2) is 24.3 Å². The van der Waals surface area contributed by atoms with Crippen molar-refractivity contribution in [1.29, 1.82) is 0 Å². The quantitative estimate of drug-likeness (QED) is 0.483. The van der Waals surface area contributed by atoms with E-state index in [1.54, 1.807) is 31.4 Å². The van der Waals surface area contributed by atoms with Gasteiger partial charge < -0.3 is 21.1 Å². The van der Waals surface area contributed by atoms with Crippen LogP contribution in [0.25, 0.3) is 0 Å². The van der Waals surface area contributed by atoms with Gasteiger partial charge in [-0.2, -0.15) is 0 Å². The van der Waals surface area contributed by atoms with Gasteiger partial charge in [0.05, 0.1) is 12.2 Å². The van der Waals surface area contributed by atoms with E-state index < -0.39 is 0 Å². The summed E-state index contributed by atoms with van der Waals surface area (Å²) >= 11 is 0. The van der Waals surface area contributed by atoms with Crippen molar-refractivity contribution in [3.05, 3.63) is 29.8 Å². The molecular weight excluding hydrogens is 246 g/mol. The summed E-state index contributed by atoms with van der Waals surface area (Å²) in [6.45, 7) is 1.21. The second-order valence-corrected chi connectivity index (χ2v) is 3.94. The van der Waals surface area contributed by atoms with Crippen LogP contribution in [0.3, 0.4) is 0 Å². The van der Waals surface area contributed by atoms with Gasteiger partial charge in [-0.15, -0.1) is 0 Å². The van der Waals surface area contributed by atoms with E-state index >= 15 is 0 Å². The summed E-state index contributed by atoms with van der Waals surface area (Å²) in [5.74, 6) is -0.402. The number of hydrogen-bond acceptors (Lipinski definition) is 4. The monoisotopic (exact) mass is 265 g/mol. The Hall–Kier alpha value is -2.08. The second kappa shape index (κ2) is 8.10. The zero-order chi connectivity index (χ0) is 14.1. The topological polar surface area (TPSA) is 93.5 Å². The van der Waals surface area contributed by atoms with Gasteiger partial charge in [-0.25, -0.2) is 0 Å². The maximum atomic E-state index is 11.8. The molecule has 19 heavy (non-hydrogen) atoms. The van der Waals surface area contributed by atoms with Crippen LogP contribution in [-0.2, 0) is 9.53 Å². The molecule has 0 bridgehead atoms. The first-order valence-electron chi connectivity index (χ1n) is 6.03. The Kier molecular flexibility index (Phi) is 6.38. The van der Waals surface area contributed by atoms with Crippen molar-refractivity contribution in [2.45, 2.75) is 6.42 Å². The molecule has 1 aromatic rings. The summed E-state index contributed by atoms with van der Waals surface area (Å²) in [6.07, 6.45) is 0.224. The summed E-state index contributed by atoms with van der Waals surface area (Å²) < 4.78 is 4.81. The molecule has 0 aromatic heterocycles. The van der Waals surface area contributed by atoms with Gasteiger partial charge in [-0.1, -0.05) is 12.1 Å². The van der Waals surface area contributed by atoms with Crippen molar-refractivity contribution in [2.75, 3.05) is 32.5 Å². The predicted molar refractivity (Wildman–Crippen MR) is 72.7 cm³/mol. The van der Waals surface area contributed by atoms with E-state index in [4.69, 9.17) is 10.5 Å². The Labute approximate surface area is 112 Å². The highest BCUT2D eigenvalue weighted by atomic mass is 16.5. The van der Waals surface area contributed by atoms with Crippen molar-refractivity contribution in [3.8, 4) is 0 Å². The van der Waals surface area contributed by atoms with E-state index in [9.17, 15) is 9.59 Å². The Morgan fingerprint density at radius 1 is 1.21 bits per heavy atom. The number of carbonyl (C=O) groups is 2. The number of anilines is 1. The first-order chi connectivity index (χ1) is 9.15. The lowest BCUT2D eigenvalue weighted by Crippen LogP contribution is -2.32. The van der Waals surface area contributed by atoms with Crippen LogP contribution in [0, 0.1) is 0 Å². The number of rotatable bonds is 7. The van der Waals surface area contributed by atoms with Crippen LogP contribution in [0.2, 0.25) is 0 Å². The number of methoxy groups -OCH3 is 1. The SMILES string of the molecule is COCCNC(=O)CCNC(=O)c1ccccc1N. The molecule has 0 heterocycles. The molecule has 0 unspecified atom stereocenters. The Bertz CT molecular complexity index is 435. The molecule has 0 saturated carbocycles. The number of carbonyl (C=O) groups excluding carboxylic acids is 2. The van der Waals surface area contributed by atoms with Gasteiger partial charge >= 0.3 is 0 Å². The van der Waals surface area contributed by atoms with Crippen molar-refractivity contribution in [1.82, 2.24) is 10.6 Å². The van der Waals surface area contributed by atoms with Gasteiger partial charge in [-0.05, 0) is 12.1 Å². The van der Waals surface area contributed by atoms with Crippen LogP contribution >= 0.6 is 0 Å². The third kappa shape index (κ3) is 5.39. The van der Waals surface area contributed by atoms with Gasteiger partial charge in [0.1, 0.15) is 0 Å². The van der Waals surface area contributed by atoms with E-state index in [2.05, 4.69) is 10.6 Å². The van der Waals surface area contributed by atoms with Crippen LogP contribution in [0.5, 0.6) is 0 Å². The van der Waals surface area contributed by atoms with Crippen molar-refractivity contribution in [2.24, 2.45) is 0 Å². The Balaban J connectivity index is 2.28. The number of hydrogen-bond donors (Lipinski definition) is 3. The van der Waals surface area contributed by atoms with Gasteiger partial charge in [-0.3, -0.25) is 9.59 Å². The minimum Gasteiger partial charge on any atom is -0.398 e. The van der Waals surface area contributed by atoms with Crippen LogP contribution in [0.1, 0.15) is 16.8 Å². The maximum Gasteiger partial charge on any atom is 0.253 e. The Morgan fingerprint density at radius 2 is 1.95 bits per heavy atom. The highest BCUT2D eigenvalue weighted by molar-refractivity contribution is 5.99. The van der Waals surface area contributed by atoms with E-state index in [0.717, 1.165) is 0 Å². The zero-order valence-electron chi connectivity index (χ0n) is 10.9. The van der Waals surface area contributed by atoms with Crippen molar-refractivity contribution < 1.29 is 14.3 Å². The lowest BCUT2D eigenvalue weighted by atomic mass is 10.1. The minimum absolute atomic E-state index is 0.126. The molecule has 0 aliphatic carbocycles. The molecule has 0 saturated heterocycles. The predicted octanol–water partition coefficient (Wildman–Crippen LogP) is 0.151. The van der Waals surface area contributed by atoms with E-state index in [0.29, 0.717) is 24.4 Å². The van der Waals surface area contributed by atoms with Gasteiger partial charge in [0.2, 0.25) is 5.91 Å². The molecule has 104 valence electrons. The molecule has 0 atom stereocenters. The largest absolute Gasteiger partial charge is 0.398 e. The molecule has 1 aromatic carbocycles. The molecular formula is C13H19N3O3. The smallest absolute Gasteiger partial charge is 0.253 e. The van der Waals surface area contributed by atoms with Crippen molar-refractivity contribution in [3.63, 3.8) is 0 Å². The summed E-state index contributed by atoms with van der Waals surface area (Å²) in [5, 5.41) is 5.32. The molecule has 1 rings (SSSR count). The van der Waals surface area contributed by atoms with E-state index in [1.165, 1.54) is 0 Å². The summed E-state index contributed by atoms with van der Waals surface area (Å²) in [4.78, 5) is 23.1. The second-order valence-electron chi connectivity index (χ2n) is 3.94. The fraction of sp³-hybridized carbons (Fsp3) is 0.385. The van der Waals surface area contributed by atoms with E-state index in [-0.39, 0.29) is 24.8 Å². The van der Waals surface area contributed by atoms with Gasteiger partial charge in [0.15, 0.2) is 0 Å². The summed E-state index contributed by atoms with van der Waals surface area (Å²) in [7, 11) is 1.57. The van der Waals surface area contributed by atoms with Gasteiger partial charge in [0, 0.05) is 32.3 Å². The lowest BCUT2D eigenvalue weighted by molar-refractivity contribution is -0.121. The first-order valence-corrected chi connectivity index (χ1v) is 6.03.